The van der Waals surface area contributed by atoms with E-state index in [4.69, 9.17) is 4.74 Å². The number of carbonyl (C=O) groups excluding carboxylic acids is 1. The zero-order valence-electron chi connectivity index (χ0n) is 12.6. The Morgan fingerprint density at radius 1 is 1.30 bits per heavy atom. The maximum absolute atomic E-state index is 12.3. The molecule has 1 aliphatic rings. The smallest absolute Gasteiger partial charge is 0.176 e. The lowest BCUT2D eigenvalue weighted by Crippen LogP contribution is -2.42. The number of hydrogen-bond donors (Lipinski definition) is 0. The summed E-state index contributed by atoms with van der Waals surface area (Å²) in [6.07, 6.45) is 3.54. The molecular weight excluding hydrogens is 250 g/mol. The van der Waals surface area contributed by atoms with Crippen molar-refractivity contribution in [1.82, 2.24) is 4.90 Å². The third-order valence-electron chi connectivity index (χ3n) is 3.92. The van der Waals surface area contributed by atoms with Gasteiger partial charge in [0.2, 0.25) is 0 Å². The number of carbonyl (C=O) groups is 1. The van der Waals surface area contributed by atoms with Gasteiger partial charge in [0, 0.05) is 18.7 Å². The Hall–Kier alpha value is -1.19. The molecule has 3 nitrogen and oxygen atoms in total. The molecule has 3 heteroatoms. The van der Waals surface area contributed by atoms with Gasteiger partial charge in [0.25, 0.3) is 0 Å². The van der Waals surface area contributed by atoms with Crippen molar-refractivity contribution in [2.24, 2.45) is 0 Å². The Labute approximate surface area is 121 Å². The molecule has 0 aromatic heterocycles. The first-order valence-corrected chi connectivity index (χ1v) is 7.69. The van der Waals surface area contributed by atoms with E-state index in [0.717, 1.165) is 44.5 Å². The molecule has 2 rings (SSSR count). The van der Waals surface area contributed by atoms with E-state index < -0.39 is 0 Å². The van der Waals surface area contributed by atoms with E-state index in [-0.39, 0.29) is 5.78 Å². The van der Waals surface area contributed by atoms with Crippen molar-refractivity contribution in [3.05, 3.63) is 35.4 Å². The molecule has 1 unspecified atom stereocenters. The van der Waals surface area contributed by atoms with Crippen molar-refractivity contribution in [2.75, 3.05) is 26.2 Å². The lowest BCUT2D eigenvalue weighted by atomic mass is 10.0. The summed E-state index contributed by atoms with van der Waals surface area (Å²) >= 11 is 0. The number of ether oxygens (including phenoxy) is 1. The summed E-state index contributed by atoms with van der Waals surface area (Å²) in [5, 5.41) is 0. The van der Waals surface area contributed by atoms with Crippen molar-refractivity contribution >= 4 is 5.78 Å². The zero-order valence-corrected chi connectivity index (χ0v) is 12.6. The molecule has 0 saturated carbocycles. The summed E-state index contributed by atoms with van der Waals surface area (Å²) in [6, 6.07) is 8.00. The van der Waals surface area contributed by atoms with Crippen molar-refractivity contribution in [3.63, 3.8) is 0 Å². The van der Waals surface area contributed by atoms with Crippen LogP contribution < -0.4 is 0 Å². The predicted octanol–water partition coefficient (Wildman–Crippen LogP) is 2.93. The highest BCUT2D eigenvalue weighted by atomic mass is 16.5. The molecule has 0 bridgehead atoms. The Balaban J connectivity index is 1.89. The van der Waals surface area contributed by atoms with Crippen LogP contribution in [0, 0.1) is 0 Å². The summed E-state index contributed by atoms with van der Waals surface area (Å²) in [5.74, 6) is 0.213. The Morgan fingerprint density at radius 3 is 2.70 bits per heavy atom. The average Bonchev–Trinajstić information content (AvgIpc) is 2.48. The molecule has 0 radical (unpaired) electrons. The number of Topliss-reactive ketones (excluding diaryl/α,β-unsaturated/α-hetero) is 1. The average molecular weight is 275 g/mol. The van der Waals surface area contributed by atoms with Gasteiger partial charge < -0.3 is 4.74 Å². The standard InChI is InChI=1S/C17H25NO2/c1-3-14-7-9-15(10-8-14)17(19)13-18-11-5-6-16(12-18)20-4-2/h7-10,16H,3-6,11-13H2,1-2H3. The van der Waals surface area contributed by atoms with Gasteiger partial charge >= 0.3 is 0 Å². The summed E-state index contributed by atoms with van der Waals surface area (Å²) in [7, 11) is 0. The number of hydrogen-bond acceptors (Lipinski definition) is 3. The van der Waals surface area contributed by atoms with Gasteiger partial charge in [-0.05, 0) is 38.3 Å². The minimum Gasteiger partial charge on any atom is -0.377 e. The van der Waals surface area contributed by atoms with Crippen molar-refractivity contribution in [3.8, 4) is 0 Å². The number of rotatable bonds is 6. The van der Waals surface area contributed by atoms with Gasteiger partial charge in [-0.1, -0.05) is 31.2 Å². The van der Waals surface area contributed by atoms with Gasteiger partial charge in [-0.3, -0.25) is 9.69 Å². The van der Waals surface area contributed by atoms with Gasteiger partial charge in [0.05, 0.1) is 12.6 Å². The Bertz CT molecular complexity index is 425. The molecule has 20 heavy (non-hydrogen) atoms. The minimum absolute atomic E-state index is 0.213. The van der Waals surface area contributed by atoms with Crippen LogP contribution in [0.2, 0.25) is 0 Å². The molecular formula is C17H25NO2. The van der Waals surface area contributed by atoms with Crippen LogP contribution in [-0.2, 0) is 11.2 Å². The first-order chi connectivity index (χ1) is 9.72. The molecule has 1 atom stereocenters. The number of piperidine rings is 1. The van der Waals surface area contributed by atoms with Gasteiger partial charge in [-0.25, -0.2) is 0 Å². The van der Waals surface area contributed by atoms with Crippen LogP contribution in [0.25, 0.3) is 0 Å². The fourth-order valence-corrected chi connectivity index (χ4v) is 2.75. The Kier molecular flexibility index (Phi) is 5.74. The molecule has 1 heterocycles. The van der Waals surface area contributed by atoms with Gasteiger partial charge in [0.15, 0.2) is 5.78 Å². The van der Waals surface area contributed by atoms with Gasteiger partial charge in [-0.2, -0.15) is 0 Å². The second-order valence-corrected chi connectivity index (χ2v) is 5.43. The number of likely N-dealkylation sites (tertiary alicyclic amines) is 1. The highest BCUT2D eigenvalue weighted by Gasteiger charge is 2.22. The highest BCUT2D eigenvalue weighted by Crippen LogP contribution is 2.14. The van der Waals surface area contributed by atoms with Gasteiger partial charge in [0.1, 0.15) is 0 Å². The van der Waals surface area contributed by atoms with E-state index in [2.05, 4.69) is 11.8 Å². The largest absolute Gasteiger partial charge is 0.377 e. The van der Waals surface area contributed by atoms with Crippen LogP contribution >= 0.6 is 0 Å². The summed E-state index contributed by atoms with van der Waals surface area (Å²) in [4.78, 5) is 14.5. The molecule has 110 valence electrons. The maximum atomic E-state index is 12.3. The van der Waals surface area contributed by atoms with E-state index in [1.54, 1.807) is 0 Å². The molecule has 0 spiro atoms. The SMILES string of the molecule is CCOC1CCCN(CC(=O)c2ccc(CC)cc2)C1. The lowest BCUT2D eigenvalue weighted by Gasteiger charge is -2.31. The van der Waals surface area contributed by atoms with E-state index >= 15 is 0 Å². The van der Waals surface area contributed by atoms with Crippen LogP contribution in [0.15, 0.2) is 24.3 Å². The molecule has 1 aromatic rings. The predicted molar refractivity (Wildman–Crippen MR) is 81.2 cm³/mol. The van der Waals surface area contributed by atoms with Crippen molar-refractivity contribution in [2.45, 2.75) is 39.2 Å². The van der Waals surface area contributed by atoms with Crippen LogP contribution in [-0.4, -0.2) is 43.0 Å². The molecule has 1 aliphatic heterocycles. The monoisotopic (exact) mass is 275 g/mol. The summed E-state index contributed by atoms with van der Waals surface area (Å²) in [5.41, 5.74) is 2.09. The number of ketones is 1. The quantitative estimate of drug-likeness (QED) is 0.748. The normalized spacial score (nSPS) is 20.0. The molecule has 0 amide bonds. The van der Waals surface area contributed by atoms with E-state index in [9.17, 15) is 4.79 Å². The fraction of sp³-hybridized carbons (Fsp3) is 0.588. The van der Waals surface area contributed by atoms with Crippen LogP contribution in [0.1, 0.15) is 42.6 Å². The minimum atomic E-state index is 0.213. The second kappa shape index (κ2) is 7.55. The number of aryl methyl sites for hydroxylation is 1. The van der Waals surface area contributed by atoms with Crippen LogP contribution in [0.3, 0.4) is 0 Å². The maximum Gasteiger partial charge on any atom is 0.176 e. The van der Waals surface area contributed by atoms with Gasteiger partial charge in [-0.15, -0.1) is 0 Å². The summed E-state index contributed by atoms with van der Waals surface area (Å²) < 4.78 is 5.68. The topological polar surface area (TPSA) is 29.5 Å². The molecule has 0 N–H and O–H groups in total. The Morgan fingerprint density at radius 2 is 2.05 bits per heavy atom. The van der Waals surface area contributed by atoms with E-state index in [1.165, 1.54) is 5.56 Å². The zero-order chi connectivity index (χ0) is 14.4. The summed E-state index contributed by atoms with van der Waals surface area (Å²) in [6.45, 7) is 7.30. The van der Waals surface area contributed by atoms with E-state index in [1.807, 2.05) is 31.2 Å². The third-order valence-corrected chi connectivity index (χ3v) is 3.92. The molecule has 1 fully saturated rings. The van der Waals surface area contributed by atoms with E-state index in [0.29, 0.717) is 12.6 Å². The molecule has 1 aromatic carbocycles. The lowest BCUT2D eigenvalue weighted by molar-refractivity contribution is 0.00718. The van der Waals surface area contributed by atoms with Crippen LogP contribution in [0.5, 0.6) is 0 Å². The van der Waals surface area contributed by atoms with Crippen LogP contribution in [0.4, 0.5) is 0 Å². The number of nitrogens with zero attached hydrogens (tertiary/aromatic N) is 1. The fourth-order valence-electron chi connectivity index (χ4n) is 2.75. The first kappa shape index (κ1) is 15.2. The first-order valence-electron chi connectivity index (χ1n) is 7.69. The molecule has 0 aliphatic carbocycles. The second-order valence-electron chi connectivity index (χ2n) is 5.43. The molecule has 1 saturated heterocycles. The highest BCUT2D eigenvalue weighted by molar-refractivity contribution is 5.97. The van der Waals surface area contributed by atoms with Crippen molar-refractivity contribution in [1.29, 1.82) is 0 Å². The van der Waals surface area contributed by atoms with Crippen molar-refractivity contribution < 1.29 is 9.53 Å². The number of benzene rings is 1. The third kappa shape index (κ3) is 4.15.